The van der Waals surface area contributed by atoms with Crippen LogP contribution in [-0.4, -0.2) is 20.0 Å². The summed E-state index contributed by atoms with van der Waals surface area (Å²) >= 11 is 0. The van der Waals surface area contributed by atoms with Crippen LogP contribution in [0.1, 0.15) is 0 Å². The van der Waals surface area contributed by atoms with Gasteiger partial charge in [0.2, 0.25) is 0 Å². The Balaban J connectivity index is 0.000000247. The lowest BCUT2D eigenvalue weighted by atomic mass is 10.3. The van der Waals surface area contributed by atoms with E-state index in [4.69, 9.17) is 20.0 Å². The van der Waals surface area contributed by atoms with Crippen molar-refractivity contribution in [2.24, 2.45) is 0 Å². The Labute approximate surface area is 102 Å². The number of hydrogen-bond donors (Lipinski definition) is 4. The van der Waals surface area contributed by atoms with Crippen LogP contribution in [0.5, 0.6) is 11.5 Å². The maximum atomic E-state index is 8.63. The summed E-state index contributed by atoms with van der Waals surface area (Å²) in [5.41, 5.74) is 0. The lowest BCUT2D eigenvalue weighted by Crippen LogP contribution is -1.56. The highest BCUT2D eigenvalue weighted by Gasteiger charge is 1.75. The minimum atomic E-state index is -0.917. The van der Waals surface area contributed by atoms with Gasteiger partial charge in [-0.3, -0.25) is 0 Å². The van der Waals surface area contributed by atoms with E-state index in [-0.39, 0.29) is 0 Å². The van der Waals surface area contributed by atoms with Crippen molar-refractivity contribution in [2.75, 3.05) is 0 Å². The van der Waals surface area contributed by atoms with Crippen LogP contribution in [0.15, 0.2) is 60.7 Å². The molecule has 4 nitrogen and oxygen atoms in total. The van der Waals surface area contributed by atoms with Crippen molar-refractivity contribution in [2.45, 2.75) is 0 Å². The molecule has 0 unspecified atom stereocenters. The SMILES string of the molecule is OPO.Oc1ccccc1.Oc1ccccc1. The third kappa shape index (κ3) is 10.7. The van der Waals surface area contributed by atoms with E-state index < -0.39 is 9.03 Å². The van der Waals surface area contributed by atoms with Gasteiger partial charge in [0.25, 0.3) is 0 Å². The predicted molar refractivity (Wildman–Crippen MR) is 69.0 cm³/mol. The van der Waals surface area contributed by atoms with Gasteiger partial charge in [0.1, 0.15) is 20.5 Å². The van der Waals surface area contributed by atoms with E-state index in [1.807, 2.05) is 12.1 Å². The van der Waals surface area contributed by atoms with Crippen LogP contribution in [-0.2, 0) is 0 Å². The van der Waals surface area contributed by atoms with Gasteiger partial charge in [-0.15, -0.1) is 0 Å². The molecule has 0 heterocycles. The molecule has 2 rings (SSSR count). The van der Waals surface area contributed by atoms with Gasteiger partial charge in [-0.2, -0.15) is 0 Å². The standard InChI is InChI=1S/2C6H6O.H3O2P/c2*7-6-4-2-1-3-5-6;1-3-2/h2*1-5,7H;1-3H. The van der Waals surface area contributed by atoms with E-state index in [0.29, 0.717) is 11.5 Å². The first-order valence-electron chi connectivity index (χ1n) is 4.72. The van der Waals surface area contributed by atoms with Gasteiger partial charge in [-0.05, 0) is 24.3 Å². The third-order valence-corrected chi connectivity index (χ3v) is 1.51. The van der Waals surface area contributed by atoms with E-state index in [9.17, 15) is 0 Å². The van der Waals surface area contributed by atoms with Crippen LogP contribution in [0.2, 0.25) is 0 Å². The first kappa shape index (κ1) is 15.4. The van der Waals surface area contributed by atoms with Gasteiger partial charge in [0.05, 0.1) is 0 Å². The zero-order valence-corrected chi connectivity index (χ0v) is 10.1. The van der Waals surface area contributed by atoms with Crippen molar-refractivity contribution < 1.29 is 20.0 Å². The Kier molecular flexibility index (Phi) is 9.86. The van der Waals surface area contributed by atoms with Crippen molar-refractivity contribution >= 4 is 9.03 Å². The average Bonchev–Trinajstić information content (AvgIpc) is 2.33. The molecule has 92 valence electrons. The Bertz CT molecular complexity index is 329. The molecule has 0 saturated carbocycles. The first-order valence-corrected chi connectivity index (χ1v) is 5.61. The molecule has 0 atom stereocenters. The van der Waals surface area contributed by atoms with Gasteiger partial charge < -0.3 is 20.0 Å². The minimum absolute atomic E-state index is 0.322. The molecule has 17 heavy (non-hydrogen) atoms. The van der Waals surface area contributed by atoms with Crippen molar-refractivity contribution in [3.8, 4) is 11.5 Å². The number of para-hydroxylation sites is 2. The number of phenols is 2. The molecule has 0 aliphatic heterocycles. The molecule has 5 heteroatoms. The van der Waals surface area contributed by atoms with Crippen molar-refractivity contribution in [1.82, 2.24) is 0 Å². The van der Waals surface area contributed by atoms with Gasteiger partial charge in [-0.25, -0.2) is 0 Å². The second-order valence-electron chi connectivity index (χ2n) is 2.77. The van der Waals surface area contributed by atoms with Crippen LogP contribution in [0.4, 0.5) is 0 Å². The van der Waals surface area contributed by atoms with E-state index in [1.54, 1.807) is 48.5 Å². The fraction of sp³-hybridized carbons (Fsp3) is 0. The molecule has 0 aromatic heterocycles. The lowest BCUT2D eigenvalue weighted by molar-refractivity contribution is 0.475. The van der Waals surface area contributed by atoms with Gasteiger partial charge in [0.15, 0.2) is 0 Å². The van der Waals surface area contributed by atoms with E-state index in [1.165, 1.54) is 0 Å². The van der Waals surface area contributed by atoms with E-state index in [2.05, 4.69) is 0 Å². The molecular formula is C12H15O4P. The molecule has 0 fully saturated rings. The largest absolute Gasteiger partial charge is 0.508 e. The molecule has 0 radical (unpaired) electrons. The molecule has 0 spiro atoms. The number of phenolic OH excluding ortho intramolecular Hbond substituents is 2. The predicted octanol–water partition coefficient (Wildman–Crippen LogP) is 2.26. The van der Waals surface area contributed by atoms with Gasteiger partial charge >= 0.3 is 0 Å². The van der Waals surface area contributed by atoms with Crippen molar-refractivity contribution in [3.05, 3.63) is 60.7 Å². The highest BCUT2D eigenvalue weighted by Crippen LogP contribution is 2.03. The van der Waals surface area contributed by atoms with Crippen molar-refractivity contribution in [3.63, 3.8) is 0 Å². The number of hydrogen-bond acceptors (Lipinski definition) is 4. The van der Waals surface area contributed by atoms with Crippen LogP contribution >= 0.6 is 9.03 Å². The zero-order valence-electron chi connectivity index (χ0n) is 9.06. The highest BCUT2D eigenvalue weighted by atomic mass is 31.1. The molecule has 2 aromatic carbocycles. The van der Waals surface area contributed by atoms with E-state index >= 15 is 0 Å². The molecule has 0 aliphatic rings. The molecule has 2 aromatic rings. The molecule has 0 saturated heterocycles. The Morgan fingerprint density at radius 3 is 0.941 bits per heavy atom. The third-order valence-electron chi connectivity index (χ3n) is 1.51. The van der Waals surface area contributed by atoms with Gasteiger partial charge in [-0.1, -0.05) is 36.4 Å². The molecular weight excluding hydrogens is 239 g/mol. The normalized spacial score (nSPS) is 8.12. The first-order chi connectivity index (χ1) is 8.20. The minimum Gasteiger partial charge on any atom is -0.508 e. The molecule has 0 amide bonds. The topological polar surface area (TPSA) is 80.9 Å². The summed E-state index contributed by atoms with van der Waals surface area (Å²) in [5.74, 6) is 0.644. The summed E-state index contributed by atoms with van der Waals surface area (Å²) in [6, 6.07) is 17.4. The Morgan fingerprint density at radius 2 is 0.824 bits per heavy atom. The van der Waals surface area contributed by atoms with E-state index in [0.717, 1.165) is 0 Å². The monoisotopic (exact) mass is 254 g/mol. The second kappa shape index (κ2) is 10.9. The number of rotatable bonds is 0. The lowest BCUT2D eigenvalue weighted by Gasteiger charge is -1.82. The zero-order chi connectivity index (χ0) is 12.9. The van der Waals surface area contributed by atoms with Crippen LogP contribution in [0.3, 0.4) is 0 Å². The molecule has 0 aliphatic carbocycles. The van der Waals surface area contributed by atoms with Crippen LogP contribution < -0.4 is 0 Å². The number of benzene rings is 2. The summed E-state index contributed by atoms with van der Waals surface area (Å²) in [6.07, 6.45) is 0. The van der Waals surface area contributed by atoms with Crippen LogP contribution in [0.25, 0.3) is 0 Å². The molecule has 4 N–H and O–H groups in total. The summed E-state index contributed by atoms with van der Waals surface area (Å²) in [6.45, 7) is 0. The highest BCUT2D eigenvalue weighted by molar-refractivity contribution is 7.23. The summed E-state index contributed by atoms with van der Waals surface area (Å²) < 4.78 is 0. The fourth-order valence-corrected chi connectivity index (χ4v) is 0.856. The maximum Gasteiger partial charge on any atom is 0.149 e. The van der Waals surface area contributed by atoms with Crippen molar-refractivity contribution in [1.29, 1.82) is 0 Å². The van der Waals surface area contributed by atoms with Crippen LogP contribution in [0, 0.1) is 0 Å². The Morgan fingerprint density at radius 1 is 0.588 bits per heavy atom. The Hall–Kier alpha value is -1.61. The van der Waals surface area contributed by atoms with Gasteiger partial charge in [0, 0.05) is 0 Å². The maximum absolute atomic E-state index is 8.63. The second-order valence-corrected chi connectivity index (χ2v) is 2.97. The number of aromatic hydroxyl groups is 2. The summed E-state index contributed by atoms with van der Waals surface area (Å²) in [4.78, 5) is 14.3. The average molecular weight is 254 g/mol. The quantitative estimate of drug-likeness (QED) is 0.544. The smallest absolute Gasteiger partial charge is 0.149 e. The summed E-state index contributed by atoms with van der Waals surface area (Å²) in [7, 11) is -0.917. The summed E-state index contributed by atoms with van der Waals surface area (Å²) in [5, 5.41) is 17.3. The fourth-order valence-electron chi connectivity index (χ4n) is 0.856. The molecule has 0 bridgehead atoms.